The topological polar surface area (TPSA) is 87.3 Å². The van der Waals surface area contributed by atoms with E-state index in [4.69, 9.17) is 23.2 Å². The highest BCUT2D eigenvalue weighted by Crippen LogP contribution is 2.21. The Kier molecular flexibility index (Phi) is 8.54. The maximum absolute atomic E-state index is 12.8. The van der Waals surface area contributed by atoms with Crippen LogP contribution < -0.4 is 16.0 Å². The molecule has 0 saturated heterocycles. The van der Waals surface area contributed by atoms with E-state index in [9.17, 15) is 14.4 Å². The molecule has 8 heteroatoms. The summed E-state index contributed by atoms with van der Waals surface area (Å²) >= 11 is 11.8. The Bertz CT molecular complexity index is 1140. The molecule has 0 aromatic heterocycles. The number of nitrogens with one attached hydrogen (secondary N) is 3. The molecule has 0 saturated carbocycles. The van der Waals surface area contributed by atoms with E-state index in [-0.39, 0.29) is 30.6 Å². The predicted octanol–water partition coefficient (Wildman–Crippen LogP) is 5.88. The average Bonchev–Trinajstić information content (AvgIpc) is 2.75. The van der Waals surface area contributed by atoms with Gasteiger partial charge in [0.2, 0.25) is 11.8 Å². The van der Waals surface area contributed by atoms with Gasteiger partial charge in [0, 0.05) is 32.5 Å². The average molecular weight is 512 g/mol. The zero-order valence-electron chi connectivity index (χ0n) is 19.7. The van der Waals surface area contributed by atoms with Gasteiger partial charge in [-0.1, -0.05) is 47.5 Å². The highest BCUT2D eigenvalue weighted by molar-refractivity contribution is 6.30. The van der Waals surface area contributed by atoms with E-state index in [1.165, 1.54) is 0 Å². The Morgan fingerprint density at radius 1 is 0.686 bits per heavy atom. The number of amides is 3. The number of benzene rings is 3. The van der Waals surface area contributed by atoms with Gasteiger partial charge in [-0.25, -0.2) is 0 Å². The Hall–Kier alpha value is -3.35. The molecule has 0 fully saturated rings. The van der Waals surface area contributed by atoms with Gasteiger partial charge >= 0.3 is 0 Å². The molecule has 3 N–H and O–H groups in total. The normalized spacial score (nSPS) is 11.0. The van der Waals surface area contributed by atoms with E-state index in [0.29, 0.717) is 27.0 Å². The molecule has 3 amide bonds. The van der Waals surface area contributed by atoms with Crippen LogP contribution in [0.2, 0.25) is 10.0 Å². The molecule has 3 rings (SSSR count). The number of hydrogen-bond acceptors (Lipinski definition) is 3. The molecule has 3 aromatic carbocycles. The molecule has 0 atom stereocenters. The molecular formula is C27H27Cl2N3O3. The molecule has 0 spiro atoms. The third kappa shape index (κ3) is 8.74. The number of carbonyl (C=O) groups excluding carboxylic acids is 3. The molecule has 3 aromatic rings. The summed E-state index contributed by atoms with van der Waals surface area (Å²) < 4.78 is 0. The highest BCUT2D eigenvalue weighted by atomic mass is 35.5. The van der Waals surface area contributed by atoms with Crippen molar-refractivity contribution in [3.63, 3.8) is 0 Å². The Morgan fingerprint density at radius 3 is 1.46 bits per heavy atom. The van der Waals surface area contributed by atoms with E-state index >= 15 is 0 Å². The van der Waals surface area contributed by atoms with Crippen molar-refractivity contribution >= 4 is 52.3 Å². The van der Waals surface area contributed by atoms with Crippen LogP contribution in [0.1, 0.15) is 42.3 Å². The third-order valence-corrected chi connectivity index (χ3v) is 5.31. The van der Waals surface area contributed by atoms with Crippen molar-refractivity contribution in [2.75, 3.05) is 10.6 Å². The zero-order valence-corrected chi connectivity index (χ0v) is 21.3. The smallest absolute Gasteiger partial charge is 0.251 e. The lowest BCUT2D eigenvalue weighted by atomic mass is 10.1. The van der Waals surface area contributed by atoms with Gasteiger partial charge in [-0.05, 0) is 74.4 Å². The van der Waals surface area contributed by atoms with Gasteiger partial charge in [-0.15, -0.1) is 0 Å². The summed E-state index contributed by atoms with van der Waals surface area (Å²) in [6, 6.07) is 18.8. The summed E-state index contributed by atoms with van der Waals surface area (Å²) in [4.78, 5) is 38.1. The van der Waals surface area contributed by atoms with Gasteiger partial charge in [-0.3, -0.25) is 14.4 Å². The largest absolute Gasteiger partial charge is 0.347 e. The monoisotopic (exact) mass is 511 g/mol. The van der Waals surface area contributed by atoms with E-state index in [2.05, 4.69) is 16.0 Å². The molecule has 0 aliphatic heterocycles. The minimum Gasteiger partial charge on any atom is -0.347 e. The van der Waals surface area contributed by atoms with E-state index in [1.54, 1.807) is 66.7 Å². The second-order valence-corrected chi connectivity index (χ2v) is 10.1. The fraction of sp³-hybridized carbons (Fsp3) is 0.222. The quantitative estimate of drug-likeness (QED) is 0.369. The van der Waals surface area contributed by atoms with Crippen LogP contribution in [0.4, 0.5) is 11.4 Å². The predicted molar refractivity (Wildman–Crippen MR) is 141 cm³/mol. The van der Waals surface area contributed by atoms with Gasteiger partial charge in [0.25, 0.3) is 5.91 Å². The summed E-state index contributed by atoms with van der Waals surface area (Å²) in [7, 11) is 0. The molecular weight excluding hydrogens is 485 g/mol. The van der Waals surface area contributed by atoms with Gasteiger partial charge < -0.3 is 16.0 Å². The highest BCUT2D eigenvalue weighted by Gasteiger charge is 2.18. The van der Waals surface area contributed by atoms with Gasteiger partial charge in [0.05, 0.1) is 12.8 Å². The van der Waals surface area contributed by atoms with Gasteiger partial charge in [0.1, 0.15) is 0 Å². The maximum atomic E-state index is 12.8. The Labute approximate surface area is 215 Å². The third-order valence-electron chi connectivity index (χ3n) is 4.81. The second kappa shape index (κ2) is 11.4. The SMILES string of the molecule is CC(C)(C)NC(=O)c1cc(NC(=O)Cc2ccc(Cl)cc2)cc(NC(=O)Cc2ccc(Cl)cc2)c1. The van der Waals surface area contributed by atoms with Crippen LogP contribution >= 0.6 is 23.2 Å². The fourth-order valence-electron chi connectivity index (χ4n) is 3.30. The molecule has 0 radical (unpaired) electrons. The Balaban J connectivity index is 1.79. The summed E-state index contributed by atoms with van der Waals surface area (Å²) in [6.45, 7) is 5.62. The van der Waals surface area contributed by atoms with Gasteiger partial charge in [0.15, 0.2) is 0 Å². The minimum atomic E-state index is -0.455. The van der Waals surface area contributed by atoms with Gasteiger partial charge in [-0.2, -0.15) is 0 Å². The molecule has 0 unspecified atom stereocenters. The van der Waals surface area contributed by atoms with E-state index in [1.807, 2.05) is 20.8 Å². The molecule has 0 bridgehead atoms. The first kappa shape index (κ1) is 26.3. The van der Waals surface area contributed by atoms with Crippen molar-refractivity contribution in [3.05, 3.63) is 93.5 Å². The first-order valence-electron chi connectivity index (χ1n) is 11.0. The Morgan fingerprint density at radius 2 is 1.09 bits per heavy atom. The first-order valence-corrected chi connectivity index (χ1v) is 11.8. The molecule has 0 aliphatic carbocycles. The summed E-state index contributed by atoms with van der Waals surface area (Å²) in [6.07, 6.45) is 0.266. The van der Waals surface area contributed by atoms with Crippen molar-refractivity contribution in [1.29, 1.82) is 0 Å². The van der Waals surface area contributed by atoms with Crippen molar-refractivity contribution in [1.82, 2.24) is 5.32 Å². The van der Waals surface area contributed by atoms with Crippen LogP contribution in [0, 0.1) is 0 Å². The van der Waals surface area contributed by atoms with E-state index in [0.717, 1.165) is 11.1 Å². The van der Waals surface area contributed by atoms with Crippen molar-refractivity contribution in [2.45, 2.75) is 39.2 Å². The van der Waals surface area contributed by atoms with E-state index < -0.39 is 5.54 Å². The number of hydrogen-bond donors (Lipinski definition) is 3. The van der Waals surface area contributed by atoms with Crippen LogP contribution in [0.25, 0.3) is 0 Å². The molecule has 35 heavy (non-hydrogen) atoms. The van der Waals surface area contributed by atoms with Crippen LogP contribution in [0.3, 0.4) is 0 Å². The molecule has 0 heterocycles. The zero-order chi connectivity index (χ0) is 25.6. The van der Waals surface area contributed by atoms with Crippen molar-refractivity contribution in [2.24, 2.45) is 0 Å². The number of anilines is 2. The summed E-state index contributed by atoms with van der Waals surface area (Å²) in [5, 5.41) is 9.70. The second-order valence-electron chi connectivity index (χ2n) is 9.21. The molecule has 182 valence electrons. The summed E-state index contributed by atoms with van der Waals surface area (Å²) in [5.74, 6) is -0.849. The standard InChI is InChI=1S/C27H27Cl2N3O3/c1-27(2,3)32-26(35)19-14-22(30-24(33)12-17-4-8-20(28)9-5-17)16-23(15-19)31-25(34)13-18-6-10-21(29)11-7-18/h4-11,14-16H,12-13H2,1-3H3,(H,30,33)(H,31,34)(H,32,35). The van der Waals surface area contributed by atoms with Crippen LogP contribution in [-0.4, -0.2) is 23.3 Å². The minimum absolute atomic E-state index is 0.133. The first-order chi connectivity index (χ1) is 16.5. The maximum Gasteiger partial charge on any atom is 0.251 e. The van der Waals surface area contributed by atoms with Crippen molar-refractivity contribution < 1.29 is 14.4 Å². The lowest BCUT2D eigenvalue weighted by Crippen LogP contribution is -2.40. The lowest BCUT2D eigenvalue weighted by Gasteiger charge is -2.21. The van der Waals surface area contributed by atoms with Crippen LogP contribution in [0.15, 0.2) is 66.7 Å². The lowest BCUT2D eigenvalue weighted by molar-refractivity contribution is -0.116. The van der Waals surface area contributed by atoms with Crippen LogP contribution in [-0.2, 0) is 22.4 Å². The summed E-state index contributed by atoms with van der Waals surface area (Å²) in [5.41, 5.74) is 2.24. The van der Waals surface area contributed by atoms with Crippen LogP contribution in [0.5, 0.6) is 0 Å². The molecule has 6 nitrogen and oxygen atoms in total. The number of carbonyl (C=O) groups is 3. The molecule has 0 aliphatic rings. The number of rotatable bonds is 7. The number of halogens is 2. The fourth-order valence-corrected chi connectivity index (χ4v) is 3.55. The van der Waals surface area contributed by atoms with Crippen molar-refractivity contribution in [3.8, 4) is 0 Å².